The predicted octanol–water partition coefficient (Wildman–Crippen LogP) is 2.52. The van der Waals surface area contributed by atoms with Crippen molar-refractivity contribution in [2.75, 3.05) is 20.2 Å². The second-order valence-electron chi connectivity index (χ2n) is 4.77. The first-order valence-electron chi connectivity index (χ1n) is 6.62. The van der Waals surface area contributed by atoms with Crippen molar-refractivity contribution in [1.29, 1.82) is 0 Å². The molecule has 1 unspecified atom stereocenters. The molecule has 0 aliphatic carbocycles. The first-order chi connectivity index (χ1) is 10.0. The van der Waals surface area contributed by atoms with Crippen LogP contribution in [-0.2, 0) is 4.79 Å². The number of alkyl halides is 2. The summed E-state index contributed by atoms with van der Waals surface area (Å²) in [5.74, 6) is -1.02. The molecule has 1 aliphatic heterocycles. The zero-order chi connectivity index (χ0) is 15.4. The number of hydrogen-bond acceptors (Lipinski definition) is 4. The molecule has 0 radical (unpaired) electrons. The Morgan fingerprint density at radius 2 is 1.95 bits per heavy atom. The van der Waals surface area contributed by atoms with Crippen molar-refractivity contribution in [1.82, 2.24) is 4.90 Å². The Hall–Kier alpha value is -1.89. The highest BCUT2D eigenvalue weighted by Crippen LogP contribution is 2.34. The van der Waals surface area contributed by atoms with Crippen LogP contribution in [0.1, 0.15) is 24.4 Å². The van der Waals surface area contributed by atoms with E-state index >= 15 is 0 Å². The average molecular weight is 301 g/mol. The fourth-order valence-electron chi connectivity index (χ4n) is 2.56. The molecule has 1 heterocycles. The lowest BCUT2D eigenvalue weighted by Gasteiger charge is -2.24. The summed E-state index contributed by atoms with van der Waals surface area (Å²) in [4.78, 5) is 13.3. The molecule has 1 fully saturated rings. The van der Waals surface area contributed by atoms with E-state index in [1.54, 1.807) is 6.07 Å². The van der Waals surface area contributed by atoms with E-state index in [0.717, 1.165) is 12.8 Å². The zero-order valence-corrected chi connectivity index (χ0v) is 11.6. The third kappa shape index (κ3) is 3.60. The molecule has 1 saturated heterocycles. The van der Waals surface area contributed by atoms with Crippen molar-refractivity contribution >= 4 is 5.97 Å². The number of likely N-dealkylation sites (tertiary alicyclic amines) is 1. The van der Waals surface area contributed by atoms with Crippen LogP contribution >= 0.6 is 0 Å². The third-order valence-electron chi connectivity index (χ3n) is 3.46. The summed E-state index contributed by atoms with van der Waals surface area (Å²) in [5.41, 5.74) is 0.404. The Kier molecular flexibility index (Phi) is 4.95. The van der Waals surface area contributed by atoms with Crippen LogP contribution in [-0.4, -0.2) is 42.8 Å². The summed E-state index contributed by atoms with van der Waals surface area (Å²) >= 11 is 0. The van der Waals surface area contributed by atoms with Crippen molar-refractivity contribution in [2.45, 2.75) is 25.5 Å². The Morgan fingerprint density at radius 1 is 1.29 bits per heavy atom. The summed E-state index contributed by atoms with van der Waals surface area (Å²) in [7, 11) is 1.34. The van der Waals surface area contributed by atoms with E-state index in [1.807, 2.05) is 4.90 Å². The molecule has 0 spiro atoms. The van der Waals surface area contributed by atoms with Gasteiger partial charge in [0.15, 0.2) is 11.5 Å². The van der Waals surface area contributed by atoms with Gasteiger partial charge in [0.1, 0.15) is 6.04 Å². The number of rotatable bonds is 6. The smallest absolute Gasteiger partial charge is 0.387 e. The molecule has 1 N–H and O–H groups in total. The first-order valence-corrected chi connectivity index (χ1v) is 6.62. The second kappa shape index (κ2) is 6.71. The van der Waals surface area contributed by atoms with Gasteiger partial charge in [-0.25, -0.2) is 0 Å². The van der Waals surface area contributed by atoms with Crippen LogP contribution in [0.2, 0.25) is 0 Å². The van der Waals surface area contributed by atoms with Crippen molar-refractivity contribution in [3.05, 3.63) is 23.8 Å². The molecule has 0 saturated carbocycles. The summed E-state index contributed by atoms with van der Waals surface area (Å²) in [6.45, 7) is -1.65. The summed E-state index contributed by atoms with van der Waals surface area (Å²) in [6.07, 6.45) is 1.86. The Labute approximate surface area is 121 Å². The van der Waals surface area contributed by atoms with Crippen molar-refractivity contribution < 1.29 is 28.2 Å². The van der Waals surface area contributed by atoms with E-state index in [4.69, 9.17) is 4.74 Å². The van der Waals surface area contributed by atoms with Gasteiger partial charge in [0.2, 0.25) is 0 Å². The lowest BCUT2D eigenvalue weighted by molar-refractivity contribution is -0.143. The van der Waals surface area contributed by atoms with Crippen LogP contribution in [0.5, 0.6) is 11.5 Å². The van der Waals surface area contributed by atoms with E-state index in [0.29, 0.717) is 18.7 Å². The maximum atomic E-state index is 12.4. The maximum absolute atomic E-state index is 12.4. The van der Waals surface area contributed by atoms with Gasteiger partial charge in [0, 0.05) is 0 Å². The number of methoxy groups -OCH3 is 1. The summed E-state index contributed by atoms with van der Waals surface area (Å²) in [6, 6.07) is 3.45. The van der Waals surface area contributed by atoms with Crippen LogP contribution in [0, 0.1) is 0 Å². The lowest BCUT2D eigenvalue weighted by atomic mass is 10.0. The molecule has 0 aromatic heterocycles. The molecular formula is C14H17F2NO4. The Balaban J connectivity index is 2.33. The van der Waals surface area contributed by atoms with Gasteiger partial charge in [-0.3, -0.25) is 9.69 Å². The highest BCUT2D eigenvalue weighted by molar-refractivity contribution is 5.76. The van der Waals surface area contributed by atoms with Crippen molar-refractivity contribution in [3.63, 3.8) is 0 Å². The normalized spacial score (nSPS) is 17.0. The first kappa shape index (κ1) is 15.5. The van der Waals surface area contributed by atoms with Crippen molar-refractivity contribution in [3.8, 4) is 11.5 Å². The average Bonchev–Trinajstić information content (AvgIpc) is 2.92. The van der Waals surface area contributed by atoms with Crippen molar-refractivity contribution in [2.24, 2.45) is 0 Å². The van der Waals surface area contributed by atoms with Gasteiger partial charge in [0.25, 0.3) is 0 Å². The van der Waals surface area contributed by atoms with Gasteiger partial charge in [-0.15, -0.1) is 0 Å². The van der Waals surface area contributed by atoms with E-state index in [-0.39, 0.29) is 11.5 Å². The minimum atomic E-state index is -3.00. The molecule has 7 heteroatoms. The number of carbonyl (C=O) groups is 1. The fraction of sp³-hybridized carbons (Fsp3) is 0.500. The van der Waals surface area contributed by atoms with Gasteiger partial charge >= 0.3 is 12.6 Å². The van der Waals surface area contributed by atoms with Crippen LogP contribution in [0.15, 0.2) is 18.2 Å². The van der Waals surface area contributed by atoms with Crippen LogP contribution in [0.3, 0.4) is 0 Å². The molecule has 1 aromatic carbocycles. The van der Waals surface area contributed by atoms with E-state index < -0.39 is 18.6 Å². The monoisotopic (exact) mass is 301 g/mol. The quantitative estimate of drug-likeness (QED) is 0.875. The molecule has 1 atom stereocenters. The minimum Gasteiger partial charge on any atom is -0.493 e. The van der Waals surface area contributed by atoms with Gasteiger partial charge in [0.05, 0.1) is 7.11 Å². The van der Waals surface area contributed by atoms with Gasteiger partial charge < -0.3 is 14.6 Å². The highest BCUT2D eigenvalue weighted by atomic mass is 19.3. The lowest BCUT2D eigenvalue weighted by Crippen LogP contribution is -2.31. The van der Waals surface area contributed by atoms with Gasteiger partial charge in [-0.05, 0) is 43.6 Å². The number of halogens is 2. The molecule has 5 nitrogen and oxygen atoms in total. The number of benzene rings is 1. The van der Waals surface area contributed by atoms with E-state index in [2.05, 4.69) is 4.74 Å². The summed E-state index contributed by atoms with van der Waals surface area (Å²) < 4.78 is 34.2. The number of hydrogen-bond donors (Lipinski definition) is 1. The molecule has 0 amide bonds. The Morgan fingerprint density at radius 3 is 2.48 bits per heavy atom. The van der Waals surface area contributed by atoms with E-state index in [1.165, 1.54) is 19.2 Å². The van der Waals surface area contributed by atoms with Crippen LogP contribution < -0.4 is 9.47 Å². The number of aliphatic carboxylic acids is 1. The molecule has 21 heavy (non-hydrogen) atoms. The number of ether oxygens (including phenoxy) is 2. The standard InChI is InChI=1S/C14H17F2NO4/c1-20-10-5-4-9(8-11(10)21-14(15)16)12(13(18)19)17-6-2-3-7-17/h4-5,8,12,14H,2-3,6-7H2,1H3,(H,18,19). The molecular weight excluding hydrogens is 284 g/mol. The van der Waals surface area contributed by atoms with Crippen LogP contribution in [0.4, 0.5) is 8.78 Å². The number of carboxylic acid groups (broad SMARTS) is 1. The van der Waals surface area contributed by atoms with E-state index in [9.17, 15) is 18.7 Å². The number of nitrogens with zero attached hydrogens (tertiary/aromatic N) is 1. The largest absolute Gasteiger partial charge is 0.493 e. The van der Waals surface area contributed by atoms with Crippen LogP contribution in [0.25, 0.3) is 0 Å². The zero-order valence-electron chi connectivity index (χ0n) is 11.6. The maximum Gasteiger partial charge on any atom is 0.387 e. The third-order valence-corrected chi connectivity index (χ3v) is 3.46. The fourth-order valence-corrected chi connectivity index (χ4v) is 2.56. The Bertz CT molecular complexity index is 504. The summed E-state index contributed by atoms with van der Waals surface area (Å²) in [5, 5.41) is 9.42. The van der Waals surface area contributed by atoms with Gasteiger partial charge in [-0.1, -0.05) is 6.07 Å². The topological polar surface area (TPSA) is 59.0 Å². The van der Waals surface area contributed by atoms with Gasteiger partial charge in [-0.2, -0.15) is 8.78 Å². The molecule has 116 valence electrons. The highest BCUT2D eigenvalue weighted by Gasteiger charge is 2.30. The molecule has 2 rings (SSSR count). The SMILES string of the molecule is COc1ccc(C(C(=O)O)N2CCCC2)cc1OC(F)F. The minimum absolute atomic E-state index is 0.143. The molecule has 0 bridgehead atoms. The number of carboxylic acids is 1. The molecule has 1 aliphatic rings. The second-order valence-corrected chi connectivity index (χ2v) is 4.77. The predicted molar refractivity (Wildman–Crippen MR) is 70.8 cm³/mol. The molecule has 1 aromatic rings.